The van der Waals surface area contributed by atoms with Crippen LogP contribution in [0.4, 0.5) is 0 Å². The van der Waals surface area contributed by atoms with Gasteiger partial charge in [0.1, 0.15) is 5.65 Å². The number of benzene rings is 1. The van der Waals surface area contributed by atoms with E-state index in [0.29, 0.717) is 0 Å². The molecule has 0 bridgehead atoms. The summed E-state index contributed by atoms with van der Waals surface area (Å²) >= 11 is 1.82. The van der Waals surface area contributed by atoms with Crippen LogP contribution in [0.15, 0.2) is 42.0 Å². The number of likely N-dealkylation sites (N-methyl/N-ethyl adjacent to an activating group) is 1. The van der Waals surface area contributed by atoms with Crippen LogP contribution in [0.2, 0.25) is 0 Å². The van der Waals surface area contributed by atoms with E-state index in [9.17, 15) is 0 Å². The Bertz CT molecular complexity index is 1150. The molecule has 1 N–H and O–H groups in total. The summed E-state index contributed by atoms with van der Waals surface area (Å²) in [6.07, 6.45) is 5.22. The molecule has 1 aromatic carbocycles. The zero-order valence-electron chi connectivity index (χ0n) is 16.0. The van der Waals surface area contributed by atoms with E-state index in [-0.39, 0.29) is 0 Å². The molecular weight excluding hydrogens is 350 g/mol. The molecule has 0 unspecified atom stereocenters. The van der Waals surface area contributed by atoms with Crippen LogP contribution >= 0.6 is 11.3 Å². The molecule has 136 valence electrons. The largest absolute Gasteiger partial charge is 0.346 e. The van der Waals surface area contributed by atoms with E-state index in [0.717, 1.165) is 25.2 Å². The summed E-state index contributed by atoms with van der Waals surface area (Å²) in [6, 6.07) is 9.18. The monoisotopic (exact) mass is 373 g/mol. The molecule has 1 aliphatic rings. The Morgan fingerprint density at radius 2 is 1.96 bits per heavy atom. The van der Waals surface area contributed by atoms with Gasteiger partial charge in [-0.15, -0.1) is 11.3 Å². The second-order valence-electron chi connectivity index (χ2n) is 7.62. The Morgan fingerprint density at radius 1 is 1.07 bits per heavy atom. The summed E-state index contributed by atoms with van der Waals surface area (Å²) in [4.78, 5) is 11.8. The first-order valence-corrected chi connectivity index (χ1v) is 10.3. The first-order chi connectivity index (χ1) is 13.1. The molecule has 4 heterocycles. The van der Waals surface area contributed by atoms with Crippen LogP contribution in [-0.4, -0.2) is 28.5 Å². The van der Waals surface area contributed by atoms with Gasteiger partial charge in [0.25, 0.3) is 0 Å². The summed E-state index contributed by atoms with van der Waals surface area (Å²) < 4.78 is 0. The van der Waals surface area contributed by atoms with Gasteiger partial charge in [0.05, 0.1) is 0 Å². The normalized spacial score (nSPS) is 14.6. The highest BCUT2D eigenvalue weighted by molar-refractivity contribution is 7.10. The van der Waals surface area contributed by atoms with Gasteiger partial charge in [0.2, 0.25) is 0 Å². The van der Waals surface area contributed by atoms with Gasteiger partial charge >= 0.3 is 0 Å². The predicted molar refractivity (Wildman–Crippen MR) is 114 cm³/mol. The highest BCUT2D eigenvalue weighted by Crippen LogP contribution is 2.36. The van der Waals surface area contributed by atoms with Crippen molar-refractivity contribution in [3.8, 4) is 22.3 Å². The van der Waals surface area contributed by atoms with Crippen molar-refractivity contribution < 1.29 is 0 Å². The quantitative estimate of drug-likeness (QED) is 0.498. The molecule has 0 saturated heterocycles. The van der Waals surface area contributed by atoms with Gasteiger partial charge in [-0.3, -0.25) is 0 Å². The Labute approximate surface area is 163 Å². The molecule has 0 spiro atoms. The number of nitrogens with zero attached hydrogens (tertiary/aromatic N) is 2. The summed E-state index contributed by atoms with van der Waals surface area (Å²) in [5, 5.41) is 3.46. The molecule has 0 amide bonds. The molecule has 0 radical (unpaired) electrons. The topological polar surface area (TPSA) is 31.9 Å². The second kappa shape index (κ2) is 6.32. The van der Waals surface area contributed by atoms with Gasteiger partial charge < -0.3 is 9.88 Å². The van der Waals surface area contributed by atoms with Crippen LogP contribution < -0.4 is 0 Å². The number of fused-ring (bicyclic) bond motifs is 2. The van der Waals surface area contributed by atoms with Crippen molar-refractivity contribution >= 4 is 22.4 Å². The van der Waals surface area contributed by atoms with Crippen LogP contribution in [0.25, 0.3) is 33.3 Å². The smallest absolute Gasteiger partial charge is 0.137 e. The summed E-state index contributed by atoms with van der Waals surface area (Å²) in [7, 11) is 2.19. The summed E-state index contributed by atoms with van der Waals surface area (Å²) in [5.74, 6) is 0. The molecule has 4 heteroatoms. The molecule has 3 nitrogen and oxygen atoms in total. The molecule has 4 aromatic rings. The van der Waals surface area contributed by atoms with E-state index < -0.39 is 0 Å². The van der Waals surface area contributed by atoms with Gasteiger partial charge in [0, 0.05) is 46.9 Å². The van der Waals surface area contributed by atoms with Gasteiger partial charge in [-0.05, 0) is 72.6 Å². The van der Waals surface area contributed by atoms with Crippen molar-refractivity contribution in [2.75, 3.05) is 13.6 Å². The predicted octanol–water partition coefficient (Wildman–Crippen LogP) is 5.56. The highest BCUT2D eigenvalue weighted by atomic mass is 32.1. The Kier molecular flexibility index (Phi) is 3.92. The van der Waals surface area contributed by atoms with Gasteiger partial charge in [0.15, 0.2) is 0 Å². The fraction of sp³-hybridized carbons (Fsp3) is 0.261. The Hall–Kier alpha value is -2.43. The van der Waals surface area contributed by atoms with Crippen molar-refractivity contribution in [1.29, 1.82) is 0 Å². The number of aryl methyl sites for hydroxylation is 1. The van der Waals surface area contributed by atoms with E-state index >= 15 is 0 Å². The fourth-order valence-electron chi connectivity index (χ4n) is 4.04. The van der Waals surface area contributed by atoms with Crippen LogP contribution in [0.3, 0.4) is 0 Å². The molecule has 0 atom stereocenters. The zero-order chi connectivity index (χ0) is 18.5. The van der Waals surface area contributed by atoms with Crippen LogP contribution in [-0.2, 0) is 13.0 Å². The third-order valence-corrected chi connectivity index (χ3v) is 6.86. The van der Waals surface area contributed by atoms with Gasteiger partial charge in [-0.2, -0.15) is 0 Å². The third kappa shape index (κ3) is 2.80. The molecule has 27 heavy (non-hydrogen) atoms. The molecule has 5 rings (SSSR count). The second-order valence-corrected chi connectivity index (χ2v) is 8.71. The van der Waals surface area contributed by atoms with Gasteiger partial charge in [-0.25, -0.2) is 4.98 Å². The lowest BCUT2D eigenvalue weighted by Crippen LogP contribution is -2.26. The number of H-pyrrole nitrogens is 1. The number of hydrogen-bond donors (Lipinski definition) is 1. The van der Waals surface area contributed by atoms with E-state index in [1.807, 2.05) is 17.5 Å². The van der Waals surface area contributed by atoms with E-state index in [4.69, 9.17) is 4.98 Å². The number of hydrogen-bond acceptors (Lipinski definition) is 3. The highest BCUT2D eigenvalue weighted by Gasteiger charge is 2.16. The van der Waals surface area contributed by atoms with Gasteiger partial charge in [-0.1, -0.05) is 12.1 Å². The lowest BCUT2D eigenvalue weighted by atomic mass is 9.95. The number of nitrogens with one attached hydrogen (secondary N) is 1. The van der Waals surface area contributed by atoms with Crippen molar-refractivity contribution in [1.82, 2.24) is 14.9 Å². The summed E-state index contributed by atoms with van der Waals surface area (Å²) in [5.41, 5.74) is 10.2. The number of pyridine rings is 1. The number of aromatic amines is 1. The van der Waals surface area contributed by atoms with Crippen molar-refractivity contribution in [2.45, 2.75) is 26.8 Å². The fourth-order valence-corrected chi connectivity index (χ4v) is 4.93. The lowest BCUT2D eigenvalue weighted by molar-refractivity contribution is 0.313. The molecule has 0 aliphatic carbocycles. The average Bonchev–Trinajstić information content (AvgIpc) is 3.24. The number of aromatic nitrogens is 2. The number of rotatable bonds is 2. The molecular formula is C23H23N3S. The maximum Gasteiger partial charge on any atom is 0.137 e. The average molecular weight is 374 g/mol. The minimum atomic E-state index is 0.953. The molecule has 3 aromatic heterocycles. The standard InChI is InChI=1S/C23H23N3S/c1-14-15(2)27-13-22(14)21-11-25-23-20(21)9-18(10-24-23)17-5-4-16-6-7-26(3)12-19(16)8-17/h4-5,8-11,13H,6-7,12H2,1-3H3,(H,24,25). The Balaban J connectivity index is 1.62. The molecule has 1 aliphatic heterocycles. The minimum Gasteiger partial charge on any atom is -0.346 e. The van der Waals surface area contributed by atoms with E-state index in [2.05, 4.69) is 66.6 Å². The first kappa shape index (κ1) is 16.7. The SMILES string of the molecule is Cc1scc(-c2c[nH]c3ncc(-c4ccc5c(c4)CN(C)CC5)cc23)c1C. The lowest BCUT2D eigenvalue weighted by Gasteiger charge is -2.25. The third-order valence-electron chi connectivity index (χ3n) is 5.85. The van der Waals surface area contributed by atoms with Crippen LogP contribution in [0.1, 0.15) is 21.6 Å². The van der Waals surface area contributed by atoms with Crippen molar-refractivity contribution in [3.63, 3.8) is 0 Å². The summed E-state index contributed by atoms with van der Waals surface area (Å²) in [6.45, 7) is 6.57. The zero-order valence-corrected chi connectivity index (χ0v) is 16.8. The maximum atomic E-state index is 4.70. The minimum absolute atomic E-state index is 0.953. The molecule has 0 saturated carbocycles. The van der Waals surface area contributed by atoms with E-state index in [1.165, 1.54) is 49.2 Å². The van der Waals surface area contributed by atoms with Crippen LogP contribution in [0, 0.1) is 13.8 Å². The van der Waals surface area contributed by atoms with Crippen LogP contribution in [0.5, 0.6) is 0 Å². The first-order valence-electron chi connectivity index (χ1n) is 9.43. The van der Waals surface area contributed by atoms with Crippen molar-refractivity contribution in [2.24, 2.45) is 0 Å². The maximum absolute atomic E-state index is 4.70. The molecule has 0 fully saturated rings. The Morgan fingerprint density at radius 3 is 2.78 bits per heavy atom. The van der Waals surface area contributed by atoms with E-state index in [1.54, 1.807) is 0 Å². The number of thiophene rings is 1. The van der Waals surface area contributed by atoms with Crippen molar-refractivity contribution in [3.05, 3.63) is 63.6 Å².